The summed E-state index contributed by atoms with van der Waals surface area (Å²) in [5.74, 6) is 2.09. The standard InChI is InChI=1S/C12H21N3/c1-3-10-5-6-13-11(9-10)12-14-7-8-15(12)4-2/h7-8,10-11,13H,3-6,9H2,1-2H3. The highest BCUT2D eigenvalue weighted by Crippen LogP contribution is 2.28. The predicted octanol–water partition coefficient (Wildman–Crippen LogP) is 2.35. The zero-order valence-corrected chi connectivity index (χ0v) is 9.74. The number of hydrogen-bond donors (Lipinski definition) is 1. The molecule has 0 aromatic carbocycles. The lowest BCUT2D eigenvalue weighted by Gasteiger charge is -2.29. The van der Waals surface area contributed by atoms with E-state index < -0.39 is 0 Å². The maximum atomic E-state index is 4.48. The summed E-state index contributed by atoms with van der Waals surface area (Å²) in [4.78, 5) is 4.48. The lowest BCUT2D eigenvalue weighted by Crippen LogP contribution is -2.33. The molecule has 1 aromatic rings. The van der Waals surface area contributed by atoms with Gasteiger partial charge in [0.2, 0.25) is 0 Å². The Labute approximate surface area is 91.9 Å². The van der Waals surface area contributed by atoms with Crippen molar-refractivity contribution in [1.82, 2.24) is 14.9 Å². The Bertz CT molecular complexity index is 306. The minimum atomic E-state index is 0.471. The molecule has 84 valence electrons. The molecule has 1 saturated heterocycles. The van der Waals surface area contributed by atoms with E-state index >= 15 is 0 Å². The lowest BCUT2D eigenvalue weighted by molar-refractivity contribution is 0.286. The van der Waals surface area contributed by atoms with E-state index in [1.54, 1.807) is 0 Å². The molecule has 1 aromatic heterocycles. The van der Waals surface area contributed by atoms with E-state index in [1.807, 2.05) is 6.20 Å². The van der Waals surface area contributed by atoms with E-state index in [0.717, 1.165) is 19.0 Å². The van der Waals surface area contributed by atoms with Crippen molar-refractivity contribution in [3.05, 3.63) is 18.2 Å². The molecule has 1 aliphatic heterocycles. The summed E-state index contributed by atoms with van der Waals surface area (Å²) in [6.07, 6.45) is 7.85. The first-order chi connectivity index (χ1) is 7.35. The van der Waals surface area contributed by atoms with Gasteiger partial charge in [-0.05, 0) is 32.2 Å². The van der Waals surface area contributed by atoms with Crippen molar-refractivity contribution in [2.75, 3.05) is 6.54 Å². The molecule has 0 radical (unpaired) electrons. The summed E-state index contributed by atoms with van der Waals surface area (Å²) in [6, 6.07) is 0.471. The molecule has 0 aliphatic carbocycles. The topological polar surface area (TPSA) is 29.9 Å². The highest BCUT2D eigenvalue weighted by Gasteiger charge is 2.24. The van der Waals surface area contributed by atoms with Crippen LogP contribution in [0.5, 0.6) is 0 Å². The largest absolute Gasteiger partial charge is 0.334 e. The molecule has 2 heterocycles. The van der Waals surface area contributed by atoms with E-state index in [-0.39, 0.29) is 0 Å². The van der Waals surface area contributed by atoms with Crippen LogP contribution >= 0.6 is 0 Å². The van der Waals surface area contributed by atoms with Crippen LogP contribution in [0.25, 0.3) is 0 Å². The monoisotopic (exact) mass is 207 g/mol. The summed E-state index contributed by atoms with van der Waals surface area (Å²) in [5.41, 5.74) is 0. The van der Waals surface area contributed by atoms with Gasteiger partial charge in [-0.3, -0.25) is 0 Å². The summed E-state index contributed by atoms with van der Waals surface area (Å²) >= 11 is 0. The Kier molecular flexibility index (Phi) is 3.41. The summed E-state index contributed by atoms with van der Waals surface area (Å²) in [7, 11) is 0. The van der Waals surface area contributed by atoms with Crippen molar-refractivity contribution in [3.63, 3.8) is 0 Å². The molecule has 1 N–H and O–H groups in total. The van der Waals surface area contributed by atoms with E-state index in [0.29, 0.717) is 6.04 Å². The van der Waals surface area contributed by atoms with Crippen molar-refractivity contribution < 1.29 is 0 Å². The lowest BCUT2D eigenvalue weighted by atomic mass is 9.90. The Morgan fingerprint density at radius 3 is 3.13 bits per heavy atom. The number of imidazole rings is 1. The van der Waals surface area contributed by atoms with Gasteiger partial charge in [-0.2, -0.15) is 0 Å². The van der Waals surface area contributed by atoms with Crippen LogP contribution < -0.4 is 5.32 Å². The second-order valence-corrected chi connectivity index (χ2v) is 4.38. The first-order valence-corrected chi connectivity index (χ1v) is 6.09. The number of aryl methyl sites for hydroxylation is 1. The van der Waals surface area contributed by atoms with Crippen LogP contribution in [0.15, 0.2) is 12.4 Å². The molecule has 1 aliphatic rings. The van der Waals surface area contributed by atoms with Gasteiger partial charge >= 0.3 is 0 Å². The molecule has 1 fully saturated rings. The third-order valence-electron chi connectivity index (χ3n) is 3.49. The molecule has 2 unspecified atom stereocenters. The van der Waals surface area contributed by atoms with Gasteiger partial charge in [0.15, 0.2) is 0 Å². The molecular weight excluding hydrogens is 186 g/mol. The maximum Gasteiger partial charge on any atom is 0.125 e. The van der Waals surface area contributed by atoms with Crippen LogP contribution in [0.1, 0.15) is 45.0 Å². The maximum absolute atomic E-state index is 4.48. The Hall–Kier alpha value is -0.830. The van der Waals surface area contributed by atoms with Gasteiger partial charge < -0.3 is 9.88 Å². The van der Waals surface area contributed by atoms with Crippen LogP contribution in [0.2, 0.25) is 0 Å². The fourth-order valence-corrected chi connectivity index (χ4v) is 2.46. The zero-order valence-electron chi connectivity index (χ0n) is 9.74. The minimum Gasteiger partial charge on any atom is -0.334 e. The molecular formula is C12H21N3. The SMILES string of the molecule is CCC1CCNC(c2nccn2CC)C1. The zero-order chi connectivity index (χ0) is 10.7. The van der Waals surface area contributed by atoms with Gasteiger partial charge in [0, 0.05) is 18.9 Å². The van der Waals surface area contributed by atoms with Gasteiger partial charge in [-0.25, -0.2) is 4.98 Å². The van der Waals surface area contributed by atoms with E-state index in [2.05, 4.69) is 34.9 Å². The molecule has 2 atom stereocenters. The predicted molar refractivity (Wildman–Crippen MR) is 61.7 cm³/mol. The Morgan fingerprint density at radius 2 is 2.40 bits per heavy atom. The number of nitrogens with one attached hydrogen (secondary N) is 1. The molecule has 0 amide bonds. The van der Waals surface area contributed by atoms with Crippen LogP contribution in [-0.2, 0) is 6.54 Å². The normalized spacial score (nSPS) is 26.8. The first-order valence-electron chi connectivity index (χ1n) is 6.09. The van der Waals surface area contributed by atoms with Crippen LogP contribution in [0.3, 0.4) is 0 Å². The summed E-state index contributed by atoms with van der Waals surface area (Å²) in [5, 5.41) is 3.58. The van der Waals surface area contributed by atoms with E-state index in [9.17, 15) is 0 Å². The number of nitrogens with zero attached hydrogens (tertiary/aromatic N) is 2. The van der Waals surface area contributed by atoms with Crippen LogP contribution in [0.4, 0.5) is 0 Å². The van der Waals surface area contributed by atoms with E-state index in [1.165, 1.54) is 25.1 Å². The number of piperidine rings is 1. The second kappa shape index (κ2) is 4.79. The quantitative estimate of drug-likeness (QED) is 0.824. The third kappa shape index (κ3) is 2.23. The average molecular weight is 207 g/mol. The minimum absolute atomic E-state index is 0.471. The van der Waals surface area contributed by atoms with E-state index in [4.69, 9.17) is 0 Å². The molecule has 0 spiro atoms. The fourth-order valence-electron chi connectivity index (χ4n) is 2.46. The van der Waals surface area contributed by atoms with Gasteiger partial charge in [0.1, 0.15) is 5.82 Å². The third-order valence-corrected chi connectivity index (χ3v) is 3.49. The van der Waals surface area contributed by atoms with Gasteiger partial charge in [0.05, 0.1) is 6.04 Å². The van der Waals surface area contributed by atoms with Crippen LogP contribution in [0, 0.1) is 5.92 Å². The van der Waals surface area contributed by atoms with Gasteiger partial charge in [-0.15, -0.1) is 0 Å². The highest BCUT2D eigenvalue weighted by atomic mass is 15.1. The number of aromatic nitrogens is 2. The smallest absolute Gasteiger partial charge is 0.125 e. The molecule has 0 bridgehead atoms. The molecule has 0 saturated carbocycles. The number of hydrogen-bond acceptors (Lipinski definition) is 2. The summed E-state index contributed by atoms with van der Waals surface area (Å²) < 4.78 is 2.25. The van der Waals surface area contributed by atoms with Gasteiger partial charge in [0.25, 0.3) is 0 Å². The second-order valence-electron chi connectivity index (χ2n) is 4.38. The van der Waals surface area contributed by atoms with Crippen molar-refractivity contribution in [1.29, 1.82) is 0 Å². The molecule has 3 nitrogen and oxygen atoms in total. The Balaban J connectivity index is 2.09. The van der Waals surface area contributed by atoms with Crippen molar-refractivity contribution >= 4 is 0 Å². The number of rotatable bonds is 3. The first kappa shape index (κ1) is 10.7. The molecule has 3 heteroatoms. The molecule has 2 rings (SSSR count). The average Bonchev–Trinajstić information content (AvgIpc) is 2.77. The van der Waals surface area contributed by atoms with Crippen molar-refractivity contribution in [2.45, 2.75) is 45.7 Å². The Morgan fingerprint density at radius 1 is 1.53 bits per heavy atom. The van der Waals surface area contributed by atoms with Crippen LogP contribution in [-0.4, -0.2) is 16.1 Å². The summed E-state index contributed by atoms with van der Waals surface area (Å²) in [6.45, 7) is 6.62. The highest BCUT2D eigenvalue weighted by molar-refractivity contribution is 5.01. The fraction of sp³-hybridized carbons (Fsp3) is 0.750. The van der Waals surface area contributed by atoms with Crippen molar-refractivity contribution in [3.8, 4) is 0 Å². The molecule has 15 heavy (non-hydrogen) atoms. The van der Waals surface area contributed by atoms with Gasteiger partial charge in [-0.1, -0.05) is 13.3 Å². The van der Waals surface area contributed by atoms with Crippen molar-refractivity contribution in [2.24, 2.45) is 5.92 Å².